The fraction of sp³-hybridized carbons (Fsp3) is 0.836. The molecule has 73 heavy (non-hydrogen) atoms. The number of rotatable bonds is 59. The predicted octanol–water partition coefficient (Wildman–Crippen LogP) is 21.8. The van der Waals surface area contributed by atoms with Crippen LogP contribution in [0.3, 0.4) is 0 Å². The molecule has 0 aromatic rings. The largest absolute Gasteiger partial charge is 0.462 e. The molecule has 1 atom stereocenters. The van der Waals surface area contributed by atoms with Gasteiger partial charge in [-0.3, -0.25) is 14.4 Å². The lowest BCUT2D eigenvalue weighted by Crippen LogP contribution is -2.30. The molecule has 1 unspecified atom stereocenters. The highest BCUT2D eigenvalue weighted by atomic mass is 16.6. The van der Waals surface area contributed by atoms with E-state index in [1.54, 1.807) is 0 Å². The molecule has 0 aliphatic heterocycles. The standard InChI is InChI=1S/C67H122O6/c1-4-7-10-13-16-19-22-25-28-30-32-33-35-36-39-42-45-48-51-54-57-60-66(69)72-63-64(62-71-65(68)59-56-53-50-47-44-41-38-27-24-21-18-15-12-9-6-3)73-67(70)61-58-55-52-49-46-43-40-37-34-31-29-26-23-20-17-14-11-8-5-2/h17,20,26-27,29-30,32,38,64H,4-16,18-19,21-25,28,31,33-37,39-63H2,1-3H3/b20-17-,29-26-,32-30-,38-27-. The van der Waals surface area contributed by atoms with Crippen LogP contribution in [-0.2, 0) is 28.6 Å². The van der Waals surface area contributed by atoms with Crippen LogP contribution >= 0.6 is 0 Å². The van der Waals surface area contributed by atoms with Gasteiger partial charge in [0, 0.05) is 19.3 Å². The Balaban J connectivity index is 4.34. The average molecular weight is 1020 g/mol. The molecule has 0 aliphatic carbocycles. The Kier molecular flexibility index (Phi) is 59.7. The zero-order chi connectivity index (χ0) is 52.9. The van der Waals surface area contributed by atoms with Crippen molar-refractivity contribution >= 4 is 17.9 Å². The summed E-state index contributed by atoms with van der Waals surface area (Å²) in [6, 6.07) is 0. The van der Waals surface area contributed by atoms with Crippen LogP contribution in [0.2, 0.25) is 0 Å². The van der Waals surface area contributed by atoms with Crippen molar-refractivity contribution in [3.63, 3.8) is 0 Å². The molecule has 0 heterocycles. The minimum atomic E-state index is -0.780. The number of carbonyl (C=O) groups is 3. The molecular formula is C67H122O6. The summed E-state index contributed by atoms with van der Waals surface area (Å²) in [5, 5.41) is 0. The third-order valence-corrected chi connectivity index (χ3v) is 14.3. The molecule has 0 rings (SSSR count). The maximum absolute atomic E-state index is 12.9. The number of esters is 3. The number of hydrogen-bond acceptors (Lipinski definition) is 6. The van der Waals surface area contributed by atoms with Crippen LogP contribution in [0.15, 0.2) is 48.6 Å². The second-order valence-corrected chi connectivity index (χ2v) is 21.7. The number of ether oxygens (including phenoxy) is 3. The van der Waals surface area contributed by atoms with Gasteiger partial charge < -0.3 is 14.2 Å². The first kappa shape index (κ1) is 70.4. The van der Waals surface area contributed by atoms with Crippen molar-refractivity contribution in [2.45, 2.75) is 348 Å². The molecule has 0 saturated carbocycles. The molecule has 0 bridgehead atoms. The summed E-state index contributed by atoms with van der Waals surface area (Å²) in [6.45, 7) is 6.65. The van der Waals surface area contributed by atoms with Gasteiger partial charge >= 0.3 is 17.9 Å². The Morgan fingerprint density at radius 3 is 0.795 bits per heavy atom. The Labute approximate surface area is 454 Å². The summed E-state index contributed by atoms with van der Waals surface area (Å²) >= 11 is 0. The van der Waals surface area contributed by atoms with Crippen LogP contribution in [0.25, 0.3) is 0 Å². The lowest BCUT2D eigenvalue weighted by molar-refractivity contribution is -0.167. The maximum Gasteiger partial charge on any atom is 0.306 e. The van der Waals surface area contributed by atoms with Gasteiger partial charge in [-0.2, -0.15) is 0 Å². The molecule has 6 heteroatoms. The number of allylic oxidation sites excluding steroid dienone is 8. The Bertz CT molecular complexity index is 1270. The number of unbranched alkanes of at least 4 members (excludes halogenated alkanes) is 40. The number of hydrogen-bond donors (Lipinski definition) is 0. The summed E-state index contributed by atoms with van der Waals surface area (Å²) in [4.78, 5) is 38.3. The van der Waals surface area contributed by atoms with E-state index in [0.717, 1.165) is 70.6 Å². The minimum Gasteiger partial charge on any atom is -0.462 e. The second-order valence-electron chi connectivity index (χ2n) is 21.7. The van der Waals surface area contributed by atoms with E-state index in [0.29, 0.717) is 19.3 Å². The highest BCUT2D eigenvalue weighted by Crippen LogP contribution is 2.16. The summed E-state index contributed by atoms with van der Waals surface area (Å²) in [7, 11) is 0. The maximum atomic E-state index is 12.9. The molecule has 0 aromatic carbocycles. The van der Waals surface area contributed by atoms with Gasteiger partial charge in [0.15, 0.2) is 6.10 Å². The van der Waals surface area contributed by atoms with Crippen molar-refractivity contribution in [1.82, 2.24) is 0 Å². The Morgan fingerprint density at radius 2 is 0.493 bits per heavy atom. The molecule has 0 N–H and O–H groups in total. The lowest BCUT2D eigenvalue weighted by atomic mass is 10.1. The van der Waals surface area contributed by atoms with E-state index in [2.05, 4.69) is 69.4 Å². The first-order valence-corrected chi connectivity index (χ1v) is 32.1. The molecule has 426 valence electrons. The second kappa shape index (κ2) is 61.9. The van der Waals surface area contributed by atoms with Crippen LogP contribution < -0.4 is 0 Å². The fourth-order valence-corrected chi connectivity index (χ4v) is 9.41. The summed E-state index contributed by atoms with van der Waals surface area (Å²) in [5.74, 6) is -0.872. The highest BCUT2D eigenvalue weighted by Gasteiger charge is 2.19. The van der Waals surface area contributed by atoms with E-state index >= 15 is 0 Å². The molecule has 0 amide bonds. The van der Waals surface area contributed by atoms with Gasteiger partial charge in [-0.15, -0.1) is 0 Å². The third-order valence-electron chi connectivity index (χ3n) is 14.3. The smallest absolute Gasteiger partial charge is 0.306 e. The topological polar surface area (TPSA) is 78.9 Å². The SMILES string of the molecule is CCCCC/C=C\C/C=C\CCCCCCCCCCCC(=O)OC(COC(=O)CCCCCCC/C=C\CCCCCCCC)COC(=O)CCCCCCCCCCC/C=C\CCCCCCCCCC. The van der Waals surface area contributed by atoms with Gasteiger partial charge in [0.1, 0.15) is 13.2 Å². The first-order valence-electron chi connectivity index (χ1n) is 32.1. The van der Waals surface area contributed by atoms with E-state index in [-0.39, 0.29) is 31.1 Å². The van der Waals surface area contributed by atoms with Crippen LogP contribution in [0.5, 0.6) is 0 Å². The van der Waals surface area contributed by atoms with E-state index in [9.17, 15) is 14.4 Å². The molecule has 0 aromatic heterocycles. The molecule has 0 aliphatic rings. The molecule has 0 saturated heterocycles. The zero-order valence-corrected chi connectivity index (χ0v) is 48.9. The molecule has 0 radical (unpaired) electrons. The number of carbonyl (C=O) groups excluding carboxylic acids is 3. The molecule has 0 spiro atoms. The van der Waals surface area contributed by atoms with Crippen LogP contribution in [-0.4, -0.2) is 37.2 Å². The molecule has 6 nitrogen and oxygen atoms in total. The highest BCUT2D eigenvalue weighted by molar-refractivity contribution is 5.71. The van der Waals surface area contributed by atoms with Crippen LogP contribution in [0.1, 0.15) is 342 Å². The predicted molar refractivity (Wildman–Crippen MR) is 316 cm³/mol. The monoisotopic (exact) mass is 1020 g/mol. The van der Waals surface area contributed by atoms with Gasteiger partial charge in [-0.25, -0.2) is 0 Å². The quantitative estimate of drug-likeness (QED) is 0.0261. The Morgan fingerprint density at radius 1 is 0.274 bits per heavy atom. The zero-order valence-electron chi connectivity index (χ0n) is 48.9. The average Bonchev–Trinajstić information content (AvgIpc) is 3.39. The van der Waals surface area contributed by atoms with Crippen LogP contribution in [0, 0.1) is 0 Å². The van der Waals surface area contributed by atoms with E-state index in [1.165, 1.54) is 231 Å². The normalized spacial score (nSPS) is 12.3. The third kappa shape index (κ3) is 60.1. The van der Waals surface area contributed by atoms with Crippen molar-refractivity contribution < 1.29 is 28.6 Å². The van der Waals surface area contributed by atoms with E-state index < -0.39 is 6.10 Å². The molecule has 0 fully saturated rings. The summed E-state index contributed by atoms with van der Waals surface area (Å²) in [5.41, 5.74) is 0. The molecular weight excluding hydrogens is 901 g/mol. The van der Waals surface area contributed by atoms with Crippen molar-refractivity contribution in [2.75, 3.05) is 13.2 Å². The fourth-order valence-electron chi connectivity index (χ4n) is 9.41. The summed E-state index contributed by atoms with van der Waals surface area (Å²) in [6.07, 6.45) is 76.8. The van der Waals surface area contributed by atoms with Gasteiger partial charge in [-0.05, 0) is 103 Å². The van der Waals surface area contributed by atoms with Crippen molar-refractivity contribution in [2.24, 2.45) is 0 Å². The lowest BCUT2D eigenvalue weighted by Gasteiger charge is -2.18. The summed E-state index contributed by atoms with van der Waals surface area (Å²) < 4.78 is 16.9. The first-order chi connectivity index (χ1) is 36.0. The Hall–Kier alpha value is -2.63. The van der Waals surface area contributed by atoms with E-state index in [1.807, 2.05) is 0 Å². The van der Waals surface area contributed by atoms with Crippen LogP contribution in [0.4, 0.5) is 0 Å². The van der Waals surface area contributed by atoms with Crippen molar-refractivity contribution in [3.8, 4) is 0 Å². The minimum absolute atomic E-state index is 0.0763. The van der Waals surface area contributed by atoms with Crippen molar-refractivity contribution in [1.29, 1.82) is 0 Å². The van der Waals surface area contributed by atoms with Gasteiger partial charge in [-0.1, -0.05) is 268 Å². The van der Waals surface area contributed by atoms with Gasteiger partial charge in [0.25, 0.3) is 0 Å². The van der Waals surface area contributed by atoms with Crippen molar-refractivity contribution in [3.05, 3.63) is 48.6 Å². The van der Waals surface area contributed by atoms with Gasteiger partial charge in [0.05, 0.1) is 0 Å². The van der Waals surface area contributed by atoms with Gasteiger partial charge in [0.2, 0.25) is 0 Å². The van der Waals surface area contributed by atoms with E-state index in [4.69, 9.17) is 14.2 Å².